The molecule has 12 heteroatoms. The lowest BCUT2D eigenvalue weighted by molar-refractivity contribution is -0.384. The standard InChI is InChI=1S/C23H26N4O7S/c1-6-25(7-2)18(28)13-35-23-24-19-16(12-17(32-3)20(33-4)21(19)34-5)22(29)26(23)14-8-10-15(11-9-14)27(30)31/h8-12H,6-7,13H2,1-5H3. The molecule has 2 aromatic carbocycles. The highest BCUT2D eigenvalue weighted by atomic mass is 32.2. The average molecular weight is 503 g/mol. The van der Waals surface area contributed by atoms with Crippen molar-refractivity contribution in [2.24, 2.45) is 0 Å². The van der Waals surface area contributed by atoms with E-state index in [1.807, 2.05) is 13.8 Å². The van der Waals surface area contributed by atoms with Crippen LogP contribution in [-0.4, -0.2) is 65.5 Å². The minimum Gasteiger partial charge on any atom is -0.493 e. The zero-order valence-electron chi connectivity index (χ0n) is 20.1. The molecule has 1 aromatic heterocycles. The Morgan fingerprint density at radius 3 is 2.23 bits per heavy atom. The van der Waals surface area contributed by atoms with E-state index in [9.17, 15) is 19.7 Å². The monoisotopic (exact) mass is 502 g/mol. The summed E-state index contributed by atoms with van der Waals surface area (Å²) >= 11 is 1.09. The van der Waals surface area contributed by atoms with E-state index in [2.05, 4.69) is 4.98 Å². The fourth-order valence-corrected chi connectivity index (χ4v) is 4.52. The van der Waals surface area contributed by atoms with E-state index in [1.165, 1.54) is 56.2 Å². The molecular weight excluding hydrogens is 476 g/mol. The number of nitro groups is 1. The predicted molar refractivity (Wildman–Crippen MR) is 132 cm³/mol. The highest BCUT2D eigenvalue weighted by Crippen LogP contribution is 2.42. The summed E-state index contributed by atoms with van der Waals surface area (Å²) in [6.07, 6.45) is 0. The second-order valence-electron chi connectivity index (χ2n) is 7.20. The Balaban J connectivity index is 2.28. The van der Waals surface area contributed by atoms with Crippen molar-refractivity contribution >= 4 is 34.3 Å². The van der Waals surface area contributed by atoms with Gasteiger partial charge in [-0.2, -0.15) is 0 Å². The van der Waals surface area contributed by atoms with Crippen molar-refractivity contribution in [3.05, 3.63) is 50.8 Å². The molecule has 0 bridgehead atoms. The van der Waals surface area contributed by atoms with Crippen molar-refractivity contribution in [2.75, 3.05) is 40.2 Å². The molecule has 0 saturated heterocycles. The Morgan fingerprint density at radius 1 is 1.09 bits per heavy atom. The smallest absolute Gasteiger partial charge is 0.269 e. The van der Waals surface area contributed by atoms with E-state index in [1.54, 1.807) is 4.90 Å². The van der Waals surface area contributed by atoms with Gasteiger partial charge < -0.3 is 19.1 Å². The molecule has 0 radical (unpaired) electrons. The van der Waals surface area contributed by atoms with Crippen LogP contribution >= 0.6 is 11.8 Å². The van der Waals surface area contributed by atoms with Crippen molar-refractivity contribution < 1.29 is 23.9 Å². The first-order valence-electron chi connectivity index (χ1n) is 10.7. The number of thioether (sulfide) groups is 1. The Kier molecular flexibility index (Phi) is 8.18. The Labute approximate surface area is 205 Å². The maximum Gasteiger partial charge on any atom is 0.269 e. The summed E-state index contributed by atoms with van der Waals surface area (Å²) in [5.74, 6) is 0.707. The number of nitrogens with zero attached hydrogens (tertiary/aromatic N) is 4. The van der Waals surface area contributed by atoms with Gasteiger partial charge in [0.2, 0.25) is 11.7 Å². The number of hydrogen-bond donors (Lipinski definition) is 0. The fraction of sp³-hybridized carbons (Fsp3) is 0.348. The van der Waals surface area contributed by atoms with Crippen LogP contribution in [-0.2, 0) is 4.79 Å². The molecule has 0 aliphatic heterocycles. The van der Waals surface area contributed by atoms with Gasteiger partial charge in [0.05, 0.1) is 43.1 Å². The van der Waals surface area contributed by atoms with Gasteiger partial charge >= 0.3 is 0 Å². The van der Waals surface area contributed by atoms with E-state index in [-0.39, 0.29) is 50.7 Å². The molecule has 3 aromatic rings. The number of carbonyl (C=O) groups is 1. The first-order valence-corrected chi connectivity index (χ1v) is 11.7. The van der Waals surface area contributed by atoms with E-state index < -0.39 is 10.5 Å². The van der Waals surface area contributed by atoms with Crippen molar-refractivity contribution in [1.29, 1.82) is 0 Å². The van der Waals surface area contributed by atoms with Gasteiger partial charge in [-0.1, -0.05) is 11.8 Å². The minimum atomic E-state index is -0.522. The SMILES string of the molecule is CCN(CC)C(=O)CSc1nc2c(OC)c(OC)c(OC)cc2c(=O)n1-c1ccc([N+](=O)[O-])cc1. The lowest BCUT2D eigenvalue weighted by Gasteiger charge is -2.20. The number of aromatic nitrogens is 2. The van der Waals surface area contributed by atoms with Crippen LogP contribution in [0.25, 0.3) is 16.6 Å². The van der Waals surface area contributed by atoms with Gasteiger partial charge in [0.15, 0.2) is 16.7 Å². The van der Waals surface area contributed by atoms with Gasteiger partial charge in [0.25, 0.3) is 11.2 Å². The zero-order chi connectivity index (χ0) is 25.7. The summed E-state index contributed by atoms with van der Waals surface area (Å²) in [6.45, 7) is 4.89. The molecule has 0 aliphatic rings. The molecule has 0 unspecified atom stereocenters. The number of rotatable bonds is 10. The van der Waals surface area contributed by atoms with Gasteiger partial charge in [0.1, 0.15) is 5.52 Å². The molecule has 0 aliphatic carbocycles. The molecule has 0 N–H and O–H groups in total. The third kappa shape index (κ3) is 5.02. The highest BCUT2D eigenvalue weighted by Gasteiger charge is 2.23. The molecule has 35 heavy (non-hydrogen) atoms. The summed E-state index contributed by atoms with van der Waals surface area (Å²) in [7, 11) is 4.31. The van der Waals surface area contributed by atoms with Crippen LogP contribution in [0.3, 0.4) is 0 Å². The summed E-state index contributed by atoms with van der Waals surface area (Å²) in [6, 6.07) is 7.03. The molecule has 3 rings (SSSR count). The number of carbonyl (C=O) groups excluding carboxylic acids is 1. The number of nitro benzene ring substituents is 1. The Hall–Kier alpha value is -3.80. The largest absolute Gasteiger partial charge is 0.493 e. The second-order valence-corrected chi connectivity index (χ2v) is 8.15. The van der Waals surface area contributed by atoms with Crippen molar-refractivity contribution in [3.8, 4) is 22.9 Å². The summed E-state index contributed by atoms with van der Waals surface area (Å²) in [5, 5.41) is 11.5. The molecule has 0 spiro atoms. The van der Waals surface area contributed by atoms with Crippen LogP contribution in [0.1, 0.15) is 13.8 Å². The maximum absolute atomic E-state index is 13.7. The summed E-state index contributed by atoms with van der Waals surface area (Å²) in [4.78, 5) is 43.3. The zero-order valence-corrected chi connectivity index (χ0v) is 20.9. The number of fused-ring (bicyclic) bond motifs is 1. The van der Waals surface area contributed by atoms with E-state index in [4.69, 9.17) is 14.2 Å². The predicted octanol–water partition coefficient (Wildman–Crippen LogP) is 3.28. The molecular formula is C23H26N4O7S. The number of benzene rings is 2. The number of amides is 1. The molecule has 0 atom stereocenters. The minimum absolute atomic E-state index is 0.0439. The number of hydrogen-bond acceptors (Lipinski definition) is 9. The number of methoxy groups -OCH3 is 3. The van der Waals surface area contributed by atoms with Gasteiger partial charge in [0, 0.05) is 25.2 Å². The summed E-state index contributed by atoms with van der Waals surface area (Å²) < 4.78 is 17.6. The van der Waals surface area contributed by atoms with Crippen LogP contribution in [0.5, 0.6) is 17.2 Å². The third-order valence-electron chi connectivity index (χ3n) is 5.40. The summed E-state index contributed by atoms with van der Waals surface area (Å²) in [5.41, 5.74) is 0.0306. The molecule has 1 amide bonds. The van der Waals surface area contributed by atoms with Gasteiger partial charge in [-0.3, -0.25) is 24.3 Å². The lowest BCUT2D eigenvalue weighted by atomic mass is 10.2. The maximum atomic E-state index is 13.7. The van der Waals surface area contributed by atoms with Crippen molar-refractivity contribution in [3.63, 3.8) is 0 Å². The Morgan fingerprint density at radius 2 is 1.71 bits per heavy atom. The lowest BCUT2D eigenvalue weighted by Crippen LogP contribution is -2.32. The van der Waals surface area contributed by atoms with E-state index in [0.29, 0.717) is 18.8 Å². The normalized spacial score (nSPS) is 10.8. The topological polar surface area (TPSA) is 126 Å². The van der Waals surface area contributed by atoms with Crippen molar-refractivity contribution in [2.45, 2.75) is 19.0 Å². The second kappa shape index (κ2) is 11.1. The highest BCUT2D eigenvalue weighted by molar-refractivity contribution is 7.99. The Bertz CT molecular complexity index is 1300. The molecule has 1 heterocycles. The fourth-order valence-electron chi connectivity index (χ4n) is 3.61. The van der Waals surface area contributed by atoms with Gasteiger partial charge in [-0.25, -0.2) is 4.98 Å². The average Bonchev–Trinajstić information content (AvgIpc) is 2.87. The van der Waals surface area contributed by atoms with Crippen LogP contribution in [0, 0.1) is 10.1 Å². The van der Waals surface area contributed by atoms with Crippen LogP contribution in [0.2, 0.25) is 0 Å². The number of non-ortho nitro benzene ring substituents is 1. The quantitative estimate of drug-likeness (QED) is 0.178. The van der Waals surface area contributed by atoms with Crippen molar-refractivity contribution in [1.82, 2.24) is 14.5 Å². The third-order valence-corrected chi connectivity index (χ3v) is 6.32. The van der Waals surface area contributed by atoms with E-state index >= 15 is 0 Å². The molecule has 0 fully saturated rings. The van der Waals surface area contributed by atoms with Crippen LogP contribution in [0.4, 0.5) is 5.69 Å². The van der Waals surface area contributed by atoms with Crippen LogP contribution < -0.4 is 19.8 Å². The molecule has 0 saturated carbocycles. The van der Waals surface area contributed by atoms with Gasteiger partial charge in [-0.15, -0.1) is 0 Å². The first-order chi connectivity index (χ1) is 16.8. The van der Waals surface area contributed by atoms with Crippen LogP contribution in [0.15, 0.2) is 40.3 Å². The first kappa shape index (κ1) is 25.8. The van der Waals surface area contributed by atoms with E-state index in [0.717, 1.165) is 11.8 Å². The molecule has 11 nitrogen and oxygen atoms in total. The molecule has 186 valence electrons. The van der Waals surface area contributed by atoms with Gasteiger partial charge in [-0.05, 0) is 32.0 Å². The number of ether oxygens (including phenoxy) is 3.